The van der Waals surface area contributed by atoms with Gasteiger partial charge in [0.25, 0.3) is 5.91 Å². The van der Waals surface area contributed by atoms with Crippen molar-refractivity contribution < 1.29 is 38.3 Å². The summed E-state index contributed by atoms with van der Waals surface area (Å²) in [6.45, 7) is 4.24. The first-order chi connectivity index (χ1) is 20.2. The number of hydrazine groups is 1. The van der Waals surface area contributed by atoms with Crippen LogP contribution in [0, 0.1) is 5.41 Å². The van der Waals surface area contributed by atoms with Crippen LogP contribution in [0.2, 0.25) is 5.82 Å². The van der Waals surface area contributed by atoms with Gasteiger partial charge in [-0.15, -0.1) is 0 Å². The molecule has 0 aromatic heterocycles. The molecule has 1 aliphatic rings. The summed E-state index contributed by atoms with van der Waals surface area (Å²) in [5, 5.41) is 13.7. The third-order valence-electron chi connectivity index (χ3n) is 6.22. The molecule has 43 heavy (non-hydrogen) atoms. The summed E-state index contributed by atoms with van der Waals surface area (Å²) >= 11 is 0. The van der Waals surface area contributed by atoms with Crippen molar-refractivity contribution >= 4 is 49.3 Å². The lowest BCUT2D eigenvalue weighted by atomic mass is 9.91. The number of nitrogens with zero attached hydrogens (tertiary/aromatic N) is 2. The Hall–Kier alpha value is -4.47. The lowest BCUT2D eigenvalue weighted by Crippen LogP contribution is -2.54. The molecule has 1 saturated heterocycles. The number of nitrogens with one attached hydrogen (secondary N) is 5. The van der Waals surface area contributed by atoms with E-state index in [4.69, 9.17) is 4.74 Å². The molecule has 2 atom stereocenters. The molecule has 1 aromatic carbocycles. The first kappa shape index (κ1) is 34.7. The average molecular weight is 601 g/mol. The van der Waals surface area contributed by atoms with Crippen LogP contribution in [0.1, 0.15) is 32.8 Å². The van der Waals surface area contributed by atoms with Crippen molar-refractivity contribution in [2.75, 3.05) is 40.0 Å². The Kier molecular flexibility index (Phi) is 13.1. The molecule has 1 fully saturated rings. The van der Waals surface area contributed by atoms with Crippen LogP contribution in [0.3, 0.4) is 0 Å². The highest BCUT2D eigenvalue weighted by molar-refractivity contribution is 6.11. The van der Waals surface area contributed by atoms with Gasteiger partial charge in [-0.1, -0.05) is 51.1 Å². The fourth-order valence-electron chi connectivity index (χ4n) is 3.92. The quantitative estimate of drug-likeness (QED) is 0.0648. The zero-order valence-electron chi connectivity index (χ0n) is 25.2. The molecule has 1 heterocycles. The van der Waals surface area contributed by atoms with Crippen LogP contribution in [-0.4, -0.2) is 105 Å². The first-order valence-electron chi connectivity index (χ1n) is 13.8. The van der Waals surface area contributed by atoms with Gasteiger partial charge in [-0.05, 0) is 11.4 Å². The molecule has 0 radical (unpaired) electrons. The third kappa shape index (κ3) is 11.4. The van der Waals surface area contributed by atoms with Crippen molar-refractivity contribution in [3.05, 3.63) is 35.9 Å². The Labute approximate surface area is 251 Å². The number of hydrogen-bond donors (Lipinski definition) is 5. The topological polar surface area (TPSA) is 195 Å². The van der Waals surface area contributed by atoms with Gasteiger partial charge in [0.1, 0.15) is 20.6 Å². The maximum Gasteiger partial charge on any atom is 0.336 e. The fourth-order valence-corrected chi connectivity index (χ4v) is 3.92. The smallest absolute Gasteiger partial charge is 0.336 e. The van der Waals surface area contributed by atoms with Crippen molar-refractivity contribution in [2.45, 2.75) is 45.5 Å². The molecule has 16 heteroatoms. The number of imide groups is 1. The Bertz CT molecular complexity index is 1200. The molecule has 1 aliphatic heterocycles. The SMILES string of the molecule is BC(C)COCNC(=O)CNC(=O)[C@H](Cc1ccccc1)NC(=O)CNC(=O)CNC(=O)N(C)N1C(=O)CC(C)(C)C1=O. The van der Waals surface area contributed by atoms with E-state index in [-0.39, 0.29) is 26.1 Å². The van der Waals surface area contributed by atoms with E-state index in [1.807, 2.05) is 14.8 Å². The summed E-state index contributed by atoms with van der Waals surface area (Å²) in [5.74, 6) is -3.27. The van der Waals surface area contributed by atoms with E-state index >= 15 is 0 Å². The normalized spacial score (nSPS) is 15.2. The van der Waals surface area contributed by atoms with Gasteiger partial charge in [-0.3, -0.25) is 28.8 Å². The highest BCUT2D eigenvalue weighted by atomic mass is 16.5. The number of ether oxygens (including phenoxy) is 1. The van der Waals surface area contributed by atoms with Gasteiger partial charge in [0.05, 0.1) is 25.0 Å². The van der Waals surface area contributed by atoms with Crippen molar-refractivity contribution in [1.29, 1.82) is 0 Å². The maximum absolute atomic E-state index is 12.9. The number of hydrogen-bond acceptors (Lipinski definition) is 8. The Morgan fingerprint density at radius 1 is 0.953 bits per heavy atom. The molecule has 1 aromatic rings. The number of rotatable bonds is 15. The van der Waals surface area contributed by atoms with E-state index in [2.05, 4.69) is 26.6 Å². The van der Waals surface area contributed by atoms with E-state index in [0.29, 0.717) is 12.4 Å². The Balaban J connectivity index is 1.84. The summed E-state index contributed by atoms with van der Waals surface area (Å²) in [6, 6.07) is 6.99. The van der Waals surface area contributed by atoms with Crippen LogP contribution >= 0.6 is 0 Å². The van der Waals surface area contributed by atoms with Gasteiger partial charge in [-0.25, -0.2) is 9.80 Å². The molecule has 1 unspecified atom stereocenters. The minimum atomic E-state index is -1.05. The van der Waals surface area contributed by atoms with E-state index < -0.39 is 66.0 Å². The number of carbonyl (C=O) groups is 7. The van der Waals surface area contributed by atoms with E-state index in [1.165, 1.54) is 7.05 Å². The molecule has 8 amide bonds. The third-order valence-corrected chi connectivity index (χ3v) is 6.22. The van der Waals surface area contributed by atoms with E-state index in [0.717, 1.165) is 15.6 Å². The Morgan fingerprint density at radius 3 is 2.16 bits per heavy atom. The molecule has 2 rings (SSSR count). The van der Waals surface area contributed by atoms with Crippen molar-refractivity contribution in [3.63, 3.8) is 0 Å². The zero-order chi connectivity index (χ0) is 32.2. The van der Waals surface area contributed by atoms with Crippen LogP contribution in [0.5, 0.6) is 0 Å². The van der Waals surface area contributed by atoms with Gasteiger partial charge < -0.3 is 31.3 Å². The van der Waals surface area contributed by atoms with E-state index in [9.17, 15) is 33.6 Å². The second kappa shape index (κ2) is 16.2. The number of carbonyl (C=O) groups excluding carboxylic acids is 7. The minimum Gasteiger partial charge on any atom is -0.362 e. The summed E-state index contributed by atoms with van der Waals surface area (Å²) in [7, 11) is 3.19. The Morgan fingerprint density at radius 2 is 1.56 bits per heavy atom. The van der Waals surface area contributed by atoms with Crippen molar-refractivity contribution in [1.82, 2.24) is 36.6 Å². The number of benzene rings is 1. The largest absolute Gasteiger partial charge is 0.362 e. The molecule has 0 aliphatic carbocycles. The van der Waals surface area contributed by atoms with Crippen molar-refractivity contribution in [2.24, 2.45) is 5.41 Å². The van der Waals surface area contributed by atoms with Gasteiger partial charge in [0, 0.05) is 26.5 Å². The standard InChI is InChI=1S/C27H40BN7O8/c1-17(28)15-43-16-32-21(37)12-30-24(40)19(10-18-8-6-5-7-9-18)33-22(38)14-29-20(36)13-31-26(42)34(4)35-23(39)11-27(2,3)25(35)41/h5-9,17,19H,10-16,28H2,1-4H3,(H,29,36)(H,30,40)(H,31,42)(H,32,37)(H,33,38)/t17?,19-/m0/s1. The molecular formula is C27H40BN7O8. The monoisotopic (exact) mass is 601 g/mol. The molecule has 0 spiro atoms. The van der Waals surface area contributed by atoms with Crippen LogP contribution < -0.4 is 26.6 Å². The zero-order valence-corrected chi connectivity index (χ0v) is 25.2. The summed E-state index contributed by atoms with van der Waals surface area (Å²) in [4.78, 5) is 86.7. The number of urea groups is 1. The first-order valence-corrected chi connectivity index (χ1v) is 13.8. The van der Waals surface area contributed by atoms with Crippen LogP contribution in [0.25, 0.3) is 0 Å². The molecule has 15 nitrogen and oxygen atoms in total. The summed E-state index contributed by atoms with van der Waals surface area (Å²) in [5.41, 5.74) is -0.191. The molecule has 0 saturated carbocycles. The van der Waals surface area contributed by atoms with E-state index in [1.54, 1.807) is 44.2 Å². The maximum atomic E-state index is 12.9. The van der Waals surface area contributed by atoms with Gasteiger partial charge in [-0.2, -0.15) is 5.01 Å². The fraction of sp³-hybridized carbons (Fsp3) is 0.519. The lowest BCUT2D eigenvalue weighted by Gasteiger charge is -2.27. The highest BCUT2D eigenvalue weighted by Gasteiger charge is 2.47. The summed E-state index contributed by atoms with van der Waals surface area (Å²) < 4.78 is 5.29. The molecule has 234 valence electrons. The van der Waals surface area contributed by atoms with Crippen LogP contribution in [-0.2, 0) is 39.9 Å². The van der Waals surface area contributed by atoms with Gasteiger partial charge in [0.15, 0.2) is 0 Å². The molecule has 0 bridgehead atoms. The number of amides is 8. The minimum absolute atomic E-state index is 0.000184. The highest BCUT2D eigenvalue weighted by Crippen LogP contribution is 2.32. The average Bonchev–Trinajstić information content (AvgIpc) is 3.16. The van der Waals surface area contributed by atoms with Gasteiger partial charge >= 0.3 is 6.03 Å². The molecule has 5 N–H and O–H groups in total. The van der Waals surface area contributed by atoms with Crippen molar-refractivity contribution in [3.8, 4) is 0 Å². The second-order valence-corrected chi connectivity index (χ2v) is 11.1. The predicted molar refractivity (Wildman–Crippen MR) is 156 cm³/mol. The lowest BCUT2D eigenvalue weighted by molar-refractivity contribution is -0.153. The van der Waals surface area contributed by atoms with Crippen LogP contribution in [0.15, 0.2) is 30.3 Å². The summed E-state index contributed by atoms with van der Waals surface area (Å²) in [6.07, 6.45) is 0.0710. The predicted octanol–water partition coefficient (Wildman–Crippen LogP) is -2.18. The molecular weight excluding hydrogens is 561 g/mol. The second-order valence-electron chi connectivity index (χ2n) is 11.1. The van der Waals surface area contributed by atoms with Crippen LogP contribution in [0.4, 0.5) is 4.79 Å². The van der Waals surface area contributed by atoms with Gasteiger partial charge in [0.2, 0.25) is 29.5 Å².